The lowest BCUT2D eigenvalue weighted by Gasteiger charge is -2.19. The van der Waals surface area contributed by atoms with Crippen LogP contribution >= 0.6 is 0 Å². The SMILES string of the molecule is C[C@H]([NH3+])c1ccc2c(c1)OCCO2. The fourth-order valence-electron chi connectivity index (χ4n) is 1.37. The summed E-state index contributed by atoms with van der Waals surface area (Å²) in [6.45, 7) is 3.35. The van der Waals surface area contributed by atoms with Crippen molar-refractivity contribution >= 4 is 0 Å². The van der Waals surface area contributed by atoms with Gasteiger partial charge >= 0.3 is 0 Å². The third-order valence-electron chi connectivity index (χ3n) is 2.14. The molecule has 0 amide bonds. The minimum absolute atomic E-state index is 0.288. The maximum absolute atomic E-state index is 5.46. The van der Waals surface area contributed by atoms with Crippen molar-refractivity contribution in [2.45, 2.75) is 13.0 Å². The predicted molar refractivity (Wildman–Crippen MR) is 48.7 cm³/mol. The number of rotatable bonds is 1. The Morgan fingerprint density at radius 3 is 2.62 bits per heavy atom. The molecule has 1 aliphatic heterocycles. The molecule has 1 aromatic carbocycles. The van der Waals surface area contributed by atoms with Crippen LogP contribution in [0.3, 0.4) is 0 Å². The average molecular weight is 180 g/mol. The molecule has 3 nitrogen and oxygen atoms in total. The second kappa shape index (κ2) is 3.26. The van der Waals surface area contributed by atoms with Gasteiger partial charge in [-0.15, -0.1) is 0 Å². The molecule has 1 atom stereocenters. The van der Waals surface area contributed by atoms with E-state index in [4.69, 9.17) is 9.47 Å². The average Bonchev–Trinajstić information content (AvgIpc) is 2.17. The van der Waals surface area contributed by atoms with E-state index in [2.05, 4.69) is 12.7 Å². The van der Waals surface area contributed by atoms with Gasteiger partial charge in [0.05, 0.1) is 0 Å². The monoisotopic (exact) mass is 180 g/mol. The van der Waals surface area contributed by atoms with Gasteiger partial charge in [0.1, 0.15) is 19.3 Å². The van der Waals surface area contributed by atoms with Gasteiger partial charge in [-0.1, -0.05) is 0 Å². The fraction of sp³-hybridized carbons (Fsp3) is 0.400. The summed E-state index contributed by atoms with van der Waals surface area (Å²) in [5.74, 6) is 1.69. The summed E-state index contributed by atoms with van der Waals surface area (Å²) >= 11 is 0. The van der Waals surface area contributed by atoms with Crippen LogP contribution in [-0.4, -0.2) is 13.2 Å². The maximum Gasteiger partial charge on any atom is 0.161 e. The first-order chi connectivity index (χ1) is 6.27. The van der Waals surface area contributed by atoms with Crippen LogP contribution in [0.4, 0.5) is 0 Å². The number of fused-ring (bicyclic) bond motifs is 1. The second-order valence-electron chi connectivity index (χ2n) is 3.30. The molecule has 0 aliphatic carbocycles. The maximum atomic E-state index is 5.46. The van der Waals surface area contributed by atoms with Crippen LogP contribution in [0.2, 0.25) is 0 Å². The van der Waals surface area contributed by atoms with E-state index in [1.54, 1.807) is 0 Å². The molecule has 2 rings (SSSR count). The Morgan fingerprint density at radius 2 is 1.92 bits per heavy atom. The van der Waals surface area contributed by atoms with Crippen LogP contribution in [0.15, 0.2) is 18.2 Å². The van der Waals surface area contributed by atoms with Crippen LogP contribution in [0, 0.1) is 0 Å². The normalized spacial score (nSPS) is 16.8. The first kappa shape index (κ1) is 8.38. The Morgan fingerprint density at radius 1 is 1.23 bits per heavy atom. The smallest absolute Gasteiger partial charge is 0.161 e. The van der Waals surface area contributed by atoms with E-state index in [0.29, 0.717) is 13.2 Å². The minimum atomic E-state index is 0.288. The van der Waals surface area contributed by atoms with Crippen LogP contribution in [0.1, 0.15) is 18.5 Å². The van der Waals surface area contributed by atoms with Crippen molar-refractivity contribution in [3.05, 3.63) is 23.8 Å². The summed E-state index contributed by atoms with van der Waals surface area (Å²) in [7, 11) is 0. The molecule has 1 heterocycles. The quantitative estimate of drug-likeness (QED) is 0.693. The zero-order valence-corrected chi connectivity index (χ0v) is 7.75. The third kappa shape index (κ3) is 1.60. The summed E-state index contributed by atoms with van der Waals surface area (Å²) < 4.78 is 10.9. The van der Waals surface area contributed by atoms with Gasteiger partial charge in [0.25, 0.3) is 0 Å². The molecule has 0 radical (unpaired) electrons. The molecule has 0 saturated heterocycles. The zero-order valence-electron chi connectivity index (χ0n) is 7.75. The summed E-state index contributed by atoms with van der Waals surface area (Å²) in [4.78, 5) is 0. The van der Waals surface area contributed by atoms with Crippen molar-refractivity contribution in [3.63, 3.8) is 0 Å². The lowest BCUT2D eigenvalue weighted by atomic mass is 10.1. The highest BCUT2D eigenvalue weighted by atomic mass is 16.6. The Hall–Kier alpha value is -1.22. The number of ether oxygens (including phenoxy) is 2. The fourth-order valence-corrected chi connectivity index (χ4v) is 1.37. The molecular weight excluding hydrogens is 166 g/mol. The van der Waals surface area contributed by atoms with Gasteiger partial charge in [-0.05, 0) is 25.1 Å². The van der Waals surface area contributed by atoms with E-state index in [1.807, 2.05) is 18.2 Å². The Kier molecular flexibility index (Phi) is 2.10. The van der Waals surface area contributed by atoms with E-state index >= 15 is 0 Å². The van der Waals surface area contributed by atoms with E-state index in [1.165, 1.54) is 5.56 Å². The summed E-state index contributed by atoms with van der Waals surface area (Å²) in [5, 5.41) is 0. The largest absolute Gasteiger partial charge is 0.486 e. The van der Waals surface area contributed by atoms with Crippen LogP contribution in [0.25, 0.3) is 0 Å². The van der Waals surface area contributed by atoms with Crippen molar-refractivity contribution in [2.75, 3.05) is 13.2 Å². The van der Waals surface area contributed by atoms with Crippen molar-refractivity contribution in [1.29, 1.82) is 0 Å². The van der Waals surface area contributed by atoms with E-state index < -0.39 is 0 Å². The number of hydrogen-bond donors (Lipinski definition) is 1. The van der Waals surface area contributed by atoms with Gasteiger partial charge in [-0.3, -0.25) is 0 Å². The van der Waals surface area contributed by atoms with Gasteiger partial charge in [-0.2, -0.15) is 0 Å². The topological polar surface area (TPSA) is 46.1 Å². The zero-order chi connectivity index (χ0) is 9.26. The second-order valence-corrected chi connectivity index (χ2v) is 3.30. The van der Waals surface area contributed by atoms with Crippen molar-refractivity contribution in [2.24, 2.45) is 0 Å². The highest BCUT2D eigenvalue weighted by Gasteiger charge is 2.13. The highest BCUT2D eigenvalue weighted by Crippen LogP contribution is 2.31. The Bertz CT molecular complexity index is 310. The first-order valence-corrected chi connectivity index (χ1v) is 4.50. The molecule has 0 saturated carbocycles. The highest BCUT2D eigenvalue weighted by molar-refractivity contribution is 5.44. The molecule has 1 aromatic rings. The standard InChI is InChI=1S/C10H13NO2/c1-7(11)8-2-3-9-10(6-8)13-5-4-12-9/h2-3,6-7H,4-5,11H2,1H3/p+1/t7-/m0/s1. The summed E-state index contributed by atoms with van der Waals surface area (Å²) in [6, 6.07) is 6.28. The molecule has 0 unspecified atom stereocenters. The predicted octanol–water partition coefficient (Wildman–Crippen LogP) is 0.761. The molecule has 3 N–H and O–H groups in total. The third-order valence-corrected chi connectivity index (χ3v) is 2.14. The summed E-state index contributed by atoms with van der Waals surface area (Å²) in [6.07, 6.45) is 0. The van der Waals surface area contributed by atoms with Crippen LogP contribution in [0.5, 0.6) is 11.5 Å². The van der Waals surface area contributed by atoms with E-state index in [0.717, 1.165) is 11.5 Å². The minimum Gasteiger partial charge on any atom is -0.486 e. The van der Waals surface area contributed by atoms with Crippen LogP contribution < -0.4 is 15.2 Å². The molecule has 1 aliphatic rings. The molecular formula is C10H14NO2+. The van der Waals surface area contributed by atoms with Gasteiger partial charge < -0.3 is 15.2 Å². The van der Waals surface area contributed by atoms with Crippen LogP contribution in [-0.2, 0) is 0 Å². The molecule has 13 heavy (non-hydrogen) atoms. The van der Waals surface area contributed by atoms with E-state index in [-0.39, 0.29) is 6.04 Å². The first-order valence-electron chi connectivity index (χ1n) is 4.50. The van der Waals surface area contributed by atoms with Gasteiger partial charge in [0, 0.05) is 5.56 Å². The van der Waals surface area contributed by atoms with Gasteiger partial charge in [-0.25, -0.2) is 0 Å². The van der Waals surface area contributed by atoms with Gasteiger partial charge in [0.2, 0.25) is 0 Å². The van der Waals surface area contributed by atoms with Gasteiger partial charge in [0.15, 0.2) is 11.5 Å². The van der Waals surface area contributed by atoms with Crippen molar-refractivity contribution in [1.82, 2.24) is 0 Å². The summed E-state index contributed by atoms with van der Waals surface area (Å²) in [5.41, 5.74) is 5.15. The van der Waals surface area contributed by atoms with Crippen molar-refractivity contribution in [3.8, 4) is 11.5 Å². The Labute approximate surface area is 77.5 Å². The number of benzene rings is 1. The molecule has 0 spiro atoms. The molecule has 70 valence electrons. The lowest BCUT2D eigenvalue weighted by Crippen LogP contribution is -2.51. The number of hydrogen-bond acceptors (Lipinski definition) is 2. The van der Waals surface area contributed by atoms with Crippen molar-refractivity contribution < 1.29 is 15.2 Å². The molecule has 0 bridgehead atoms. The molecule has 3 heteroatoms. The molecule has 0 fully saturated rings. The lowest BCUT2D eigenvalue weighted by molar-refractivity contribution is -0.420. The van der Waals surface area contributed by atoms with E-state index in [9.17, 15) is 0 Å². The molecule has 0 aromatic heterocycles. The Balaban J connectivity index is 2.35. The number of quaternary nitrogens is 1.